The second-order valence-electron chi connectivity index (χ2n) is 5.87. The number of benzene rings is 1. The predicted molar refractivity (Wildman–Crippen MR) is 88.7 cm³/mol. The van der Waals surface area contributed by atoms with Crippen molar-refractivity contribution in [3.05, 3.63) is 36.4 Å². The zero-order chi connectivity index (χ0) is 19.2. The number of carbonyl (C=O) groups excluding carboxylic acids is 2. The number of allylic oxidation sites excluding steroid dienone is 1. The number of hydrogen-bond acceptors (Lipinski definition) is 3. The first-order chi connectivity index (χ1) is 12.3. The molecule has 0 bridgehead atoms. The Morgan fingerprint density at radius 3 is 2.38 bits per heavy atom. The van der Waals surface area contributed by atoms with Crippen LogP contribution in [0.5, 0.6) is 5.75 Å². The molecule has 2 N–H and O–H groups in total. The predicted octanol–water partition coefficient (Wildman–Crippen LogP) is 0.827. The minimum Gasteiger partial charge on any atom is -0.406 e. The third kappa shape index (κ3) is 6.40. The van der Waals surface area contributed by atoms with E-state index in [1.807, 2.05) is 0 Å². The van der Waals surface area contributed by atoms with Crippen LogP contribution >= 0.6 is 0 Å². The van der Waals surface area contributed by atoms with Gasteiger partial charge < -0.3 is 19.9 Å². The summed E-state index contributed by atoms with van der Waals surface area (Å²) in [5, 5.41) is 2.65. The lowest BCUT2D eigenvalue weighted by atomic mass is 10.2. The fourth-order valence-corrected chi connectivity index (χ4v) is 2.64. The van der Waals surface area contributed by atoms with Crippen molar-refractivity contribution < 1.29 is 32.4 Å². The minimum absolute atomic E-state index is 0.0304. The third-order valence-electron chi connectivity index (χ3n) is 3.87. The number of nitrogens with one attached hydrogen (secondary N) is 2. The summed E-state index contributed by atoms with van der Waals surface area (Å²) in [6, 6.07) is 4.98. The lowest BCUT2D eigenvalue weighted by molar-refractivity contribution is -0.895. The standard InChI is InChI=1S/C17H20F3N3O3/c1-2-3-16(25)23-10-8-22(9-11-23)12-15(24)21-13-4-6-14(7-5-13)26-17(18,19)20/h2-7H,8-12H2,1H3,(H,21,24)/p+1/b3-2+. The Morgan fingerprint density at radius 2 is 1.85 bits per heavy atom. The van der Waals surface area contributed by atoms with Gasteiger partial charge in [-0.1, -0.05) is 6.08 Å². The molecule has 0 aromatic heterocycles. The normalized spacial score (nSPS) is 15.9. The van der Waals surface area contributed by atoms with Crippen molar-refractivity contribution in [2.45, 2.75) is 13.3 Å². The van der Waals surface area contributed by atoms with Gasteiger partial charge in [0.2, 0.25) is 5.91 Å². The highest BCUT2D eigenvalue weighted by atomic mass is 19.4. The lowest BCUT2D eigenvalue weighted by Gasteiger charge is -2.31. The van der Waals surface area contributed by atoms with Gasteiger partial charge in [-0.15, -0.1) is 13.2 Å². The van der Waals surface area contributed by atoms with Crippen molar-refractivity contribution in [3.63, 3.8) is 0 Å². The number of anilines is 1. The molecular formula is C17H21F3N3O3+. The molecule has 0 unspecified atom stereocenters. The number of hydrogen-bond donors (Lipinski definition) is 2. The van der Waals surface area contributed by atoms with E-state index < -0.39 is 6.36 Å². The van der Waals surface area contributed by atoms with Crippen LogP contribution in [0.25, 0.3) is 0 Å². The molecule has 0 radical (unpaired) electrons. The number of ether oxygens (including phenoxy) is 1. The summed E-state index contributed by atoms with van der Waals surface area (Å²) in [5.74, 6) is -0.613. The van der Waals surface area contributed by atoms with E-state index in [2.05, 4.69) is 10.1 Å². The van der Waals surface area contributed by atoms with Crippen molar-refractivity contribution in [1.29, 1.82) is 0 Å². The van der Waals surface area contributed by atoms with Gasteiger partial charge in [-0.2, -0.15) is 0 Å². The van der Waals surface area contributed by atoms with Gasteiger partial charge in [0.1, 0.15) is 5.75 Å². The fraction of sp³-hybridized carbons (Fsp3) is 0.412. The summed E-state index contributed by atoms with van der Waals surface area (Å²) in [6.07, 6.45) is -1.53. The van der Waals surface area contributed by atoms with Gasteiger partial charge in [0, 0.05) is 5.69 Å². The number of nitrogens with zero attached hydrogens (tertiary/aromatic N) is 1. The molecular weight excluding hydrogens is 351 g/mol. The maximum atomic E-state index is 12.1. The SMILES string of the molecule is C/C=C/C(=O)N1CC[NH+](CC(=O)Nc2ccc(OC(F)(F)F)cc2)CC1. The number of amides is 2. The van der Waals surface area contributed by atoms with Crippen molar-refractivity contribution in [3.8, 4) is 5.75 Å². The Bertz CT molecular complexity index is 651. The second kappa shape index (κ2) is 8.70. The Kier molecular flexibility index (Phi) is 6.62. The van der Waals surface area contributed by atoms with Crippen LogP contribution < -0.4 is 15.0 Å². The third-order valence-corrected chi connectivity index (χ3v) is 3.87. The van der Waals surface area contributed by atoms with Crippen LogP contribution in [0.4, 0.5) is 18.9 Å². The maximum absolute atomic E-state index is 12.1. The largest absolute Gasteiger partial charge is 0.573 e. The number of alkyl halides is 3. The van der Waals surface area contributed by atoms with Crippen LogP contribution in [-0.4, -0.2) is 55.8 Å². The number of halogens is 3. The summed E-state index contributed by atoms with van der Waals surface area (Å²) in [7, 11) is 0. The van der Waals surface area contributed by atoms with Gasteiger partial charge in [0.25, 0.3) is 5.91 Å². The highest BCUT2D eigenvalue weighted by molar-refractivity contribution is 5.91. The molecule has 1 aliphatic rings. The molecule has 0 atom stereocenters. The molecule has 0 saturated carbocycles. The monoisotopic (exact) mass is 372 g/mol. The molecule has 1 aromatic carbocycles. The molecule has 142 valence electrons. The highest BCUT2D eigenvalue weighted by Gasteiger charge is 2.31. The van der Waals surface area contributed by atoms with Crippen LogP contribution in [0.15, 0.2) is 36.4 Å². The molecule has 2 rings (SSSR count). The zero-order valence-electron chi connectivity index (χ0n) is 14.3. The van der Waals surface area contributed by atoms with E-state index >= 15 is 0 Å². The van der Waals surface area contributed by atoms with Gasteiger partial charge in [-0.05, 0) is 37.3 Å². The van der Waals surface area contributed by atoms with Crippen molar-refractivity contribution in [1.82, 2.24) is 4.90 Å². The van der Waals surface area contributed by atoms with Crippen molar-refractivity contribution >= 4 is 17.5 Å². The number of piperazine rings is 1. The zero-order valence-corrected chi connectivity index (χ0v) is 14.3. The summed E-state index contributed by atoms with van der Waals surface area (Å²) in [4.78, 5) is 26.6. The average Bonchev–Trinajstić information content (AvgIpc) is 2.56. The van der Waals surface area contributed by atoms with Gasteiger partial charge in [0.15, 0.2) is 6.54 Å². The van der Waals surface area contributed by atoms with Crippen LogP contribution in [0.3, 0.4) is 0 Å². The maximum Gasteiger partial charge on any atom is 0.573 e. The number of carbonyl (C=O) groups is 2. The first-order valence-electron chi connectivity index (χ1n) is 8.17. The molecule has 9 heteroatoms. The highest BCUT2D eigenvalue weighted by Crippen LogP contribution is 2.23. The molecule has 1 heterocycles. The summed E-state index contributed by atoms with van der Waals surface area (Å²) >= 11 is 0. The second-order valence-corrected chi connectivity index (χ2v) is 5.87. The summed E-state index contributed by atoms with van der Waals surface area (Å²) < 4.78 is 40.1. The molecule has 1 aliphatic heterocycles. The minimum atomic E-state index is -4.75. The van der Waals surface area contributed by atoms with Gasteiger partial charge in [0.05, 0.1) is 26.2 Å². The van der Waals surface area contributed by atoms with E-state index in [1.165, 1.54) is 18.2 Å². The van der Waals surface area contributed by atoms with Crippen LogP contribution in [-0.2, 0) is 9.59 Å². The molecule has 0 spiro atoms. The van der Waals surface area contributed by atoms with Crippen molar-refractivity contribution in [2.24, 2.45) is 0 Å². The average molecular weight is 372 g/mol. The molecule has 6 nitrogen and oxygen atoms in total. The summed E-state index contributed by atoms with van der Waals surface area (Å²) in [5.41, 5.74) is 0.394. The molecule has 1 aromatic rings. The van der Waals surface area contributed by atoms with Gasteiger partial charge in [-0.25, -0.2) is 0 Å². The summed E-state index contributed by atoms with van der Waals surface area (Å²) in [6.45, 7) is 4.49. The first-order valence-corrected chi connectivity index (χ1v) is 8.17. The van der Waals surface area contributed by atoms with Gasteiger partial charge in [-0.3, -0.25) is 9.59 Å². The Hall–Kier alpha value is -2.55. The lowest BCUT2D eigenvalue weighted by Crippen LogP contribution is -3.15. The van der Waals surface area contributed by atoms with E-state index in [4.69, 9.17) is 0 Å². The van der Waals surface area contributed by atoms with E-state index in [1.54, 1.807) is 17.9 Å². The van der Waals surface area contributed by atoms with E-state index in [0.29, 0.717) is 31.9 Å². The number of quaternary nitrogens is 1. The molecule has 26 heavy (non-hydrogen) atoms. The van der Waals surface area contributed by atoms with Gasteiger partial charge >= 0.3 is 6.36 Å². The van der Waals surface area contributed by atoms with Crippen LogP contribution in [0, 0.1) is 0 Å². The van der Waals surface area contributed by atoms with E-state index in [9.17, 15) is 22.8 Å². The van der Waals surface area contributed by atoms with E-state index in [-0.39, 0.29) is 24.1 Å². The molecule has 0 aliphatic carbocycles. The van der Waals surface area contributed by atoms with Crippen LogP contribution in [0.1, 0.15) is 6.92 Å². The fourth-order valence-electron chi connectivity index (χ4n) is 2.64. The quantitative estimate of drug-likeness (QED) is 0.753. The molecule has 2 amide bonds. The Balaban J connectivity index is 1.78. The smallest absolute Gasteiger partial charge is 0.406 e. The number of rotatable bonds is 5. The van der Waals surface area contributed by atoms with E-state index in [0.717, 1.165) is 17.0 Å². The first kappa shape index (κ1) is 19.8. The van der Waals surface area contributed by atoms with Crippen LogP contribution in [0.2, 0.25) is 0 Å². The molecule has 1 saturated heterocycles. The Labute approximate surface area is 149 Å². The Morgan fingerprint density at radius 1 is 1.23 bits per heavy atom. The van der Waals surface area contributed by atoms with Crippen molar-refractivity contribution in [2.75, 3.05) is 38.0 Å². The molecule has 1 fully saturated rings. The topological polar surface area (TPSA) is 63.1 Å².